The molecule has 2 rings (SSSR count). The number of anilines is 1. The van der Waals surface area contributed by atoms with Crippen LogP contribution in [0.1, 0.15) is 20.8 Å². The minimum absolute atomic E-state index is 0.145. The van der Waals surface area contributed by atoms with Crippen LogP contribution in [0.3, 0.4) is 0 Å². The standard InChI is InChI=1S/C18H22N3O3P/c1-18(2,3)17(22)19-15-12-8-9-13-16(15)20-21-25(23,24-4)14-10-6-5-7-11-14/h5-13H,1-4H3,(H,19,22). The number of para-hydroxylation sites is 1. The third-order valence-corrected chi connectivity index (χ3v) is 5.20. The fourth-order valence-corrected chi connectivity index (χ4v) is 3.04. The summed E-state index contributed by atoms with van der Waals surface area (Å²) in [6.45, 7) is 5.46. The van der Waals surface area contributed by atoms with Crippen LogP contribution >= 0.6 is 7.52 Å². The molecule has 0 bridgehead atoms. The van der Waals surface area contributed by atoms with Gasteiger partial charge in [-0.2, -0.15) is 0 Å². The average molecular weight is 359 g/mol. The van der Waals surface area contributed by atoms with Gasteiger partial charge in [0.25, 0.3) is 0 Å². The van der Waals surface area contributed by atoms with Gasteiger partial charge in [0, 0.05) is 12.5 Å². The predicted molar refractivity (Wildman–Crippen MR) is 99.7 cm³/mol. The molecular formula is C18H22N3O3P. The second kappa shape index (κ2) is 7.72. The van der Waals surface area contributed by atoms with E-state index in [1.54, 1.807) is 48.5 Å². The summed E-state index contributed by atoms with van der Waals surface area (Å²) in [4.78, 5) is 16.2. The van der Waals surface area contributed by atoms with Gasteiger partial charge in [-0.1, -0.05) is 56.0 Å². The Balaban J connectivity index is 2.32. The molecular weight excluding hydrogens is 337 g/mol. The van der Waals surface area contributed by atoms with E-state index in [9.17, 15) is 9.36 Å². The lowest BCUT2D eigenvalue weighted by Gasteiger charge is -2.18. The average Bonchev–Trinajstić information content (AvgIpc) is 2.60. The normalized spacial score (nSPS) is 14.2. The Bertz CT molecular complexity index is 814. The zero-order valence-electron chi connectivity index (χ0n) is 14.8. The number of rotatable bonds is 5. The quantitative estimate of drug-likeness (QED) is 0.608. The zero-order valence-corrected chi connectivity index (χ0v) is 15.7. The van der Waals surface area contributed by atoms with E-state index in [1.807, 2.05) is 26.8 Å². The molecule has 1 N–H and O–H groups in total. The van der Waals surface area contributed by atoms with Crippen molar-refractivity contribution < 1.29 is 13.9 Å². The number of hydrogen-bond acceptors (Lipinski definition) is 4. The van der Waals surface area contributed by atoms with Crippen molar-refractivity contribution in [1.29, 1.82) is 0 Å². The Kier molecular flexibility index (Phi) is 5.88. The van der Waals surface area contributed by atoms with Crippen LogP contribution in [0.2, 0.25) is 0 Å². The first-order valence-electron chi connectivity index (χ1n) is 7.81. The summed E-state index contributed by atoms with van der Waals surface area (Å²) >= 11 is 0. The van der Waals surface area contributed by atoms with E-state index < -0.39 is 12.9 Å². The molecule has 25 heavy (non-hydrogen) atoms. The molecule has 132 valence electrons. The summed E-state index contributed by atoms with van der Waals surface area (Å²) in [7, 11) is -2.13. The van der Waals surface area contributed by atoms with Crippen molar-refractivity contribution in [2.75, 3.05) is 12.4 Å². The molecule has 2 aromatic carbocycles. The molecule has 1 amide bonds. The maximum absolute atomic E-state index is 12.9. The van der Waals surface area contributed by atoms with Crippen LogP contribution in [0.25, 0.3) is 0 Å². The molecule has 0 aliphatic carbocycles. The zero-order chi connectivity index (χ0) is 18.5. The van der Waals surface area contributed by atoms with Gasteiger partial charge in [-0.3, -0.25) is 9.36 Å². The second-order valence-electron chi connectivity index (χ2n) is 6.45. The minimum atomic E-state index is -3.46. The molecule has 0 aliphatic rings. The highest BCUT2D eigenvalue weighted by atomic mass is 31.2. The van der Waals surface area contributed by atoms with Crippen LogP contribution in [0.5, 0.6) is 0 Å². The Morgan fingerprint density at radius 3 is 2.24 bits per heavy atom. The van der Waals surface area contributed by atoms with E-state index in [-0.39, 0.29) is 5.91 Å². The van der Waals surface area contributed by atoms with Gasteiger partial charge in [0.15, 0.2) is 0 Å². The van der Waals surface area contributed by atoms with Gasteiger partial charge in [-0.25, -0.2) is 0 Å². The lowest BCUT2D eigenvalue weighted by Crippen LogP contribution is -2.27. The third-order valence-electron chi connectivity index (χ3n) is 3.43. The van der Waals surface area contributed by atoms with Crippen LogP contribution in [0.15, 0.2) is 64.6 Å². The number of hydrogen-bond donors (Lipinski definition) is 1. The van der Waals surface area contributed by atoms with Gasteiger partial charge in [0.05, 0.1) is 11.0 Å². The lowest BCUT2D eigenvalue weighted by molar-refractivity contribution is -0.123. The molecule has 0 aliphatic heterocycles. The number of carbonyl (C=O) groups excluding carboxylic acids is 1. The SMILES string of the molecule is COP(=O)(N=Nc1ccccc1NC(=O)C(C)(C)C)c1ccccc1. The molecule has 2 aromatic rings. The van der Waals surface area contributed by atoms with Gasteiger partial charge in [0.2, 0.25) is 5.91 Å². The van der Waals surface area contributed by atoms with Gasteiger partial charge in [0.1, 0.15) is 5.69 Å². The second-order valence-corrected chi connectivity index (χ2v) is 8.55. The van der Waals surface area contributed by atoms with Crippen molar-refractivity contribution in [2.45, 2.75) is 20.8 Å². The van der Waals surface area contributed by atoms with E-state index in [1.165, 1.54) is 7.11 Å². The third kappa shape index (κ3) is 4.84. The molecule has 0 saturated carbocycles. The molecule has 0 spiro atoms. The molecule has 6 nitrogen and oxygen atoms in total. The highest BCUT2D eigenvalue weighted by molar-refractivity contribution is 7.65. The monoisotopic (exact) mass is 359 g/mol. The van der Waals surface area contributed by atoms with Crippen LogP contribution in [0.4, 0.5) is 11.4 Å². The summed E-state index contributed by atoms with van der Waals surface area (Å²) < 4.78 is 18.0. The Labute approximate surface area is 147 Å². The van der Waals surface area contributed by atoms with Gasteiger partial charge in [-0.15, -0.1) is 5.11 Å². The van der Waals surface area contributed by atoms with E-state index >= 15 is 0 Å². The van der Waals surface area contributed by atoms with Crippen LogP contribution in [-0.2, 0) is 13.9 Å². The van der Waals surface area contributed by atoms with Crippen molar-refractivity contribution in [3.8, 4) is 0 Å². The van der Waals surface area contributed by atoms with Gasteiger partial charge < -0.3 is 9.84 Å². The maximum atomic E-state index is 12.9. The smallest absolute Gasteiger partial charge is 0.324 e. The van der Waals surface area contributed by atoms with E-state index in [4.69, 9.17) is 4.52 Å². The van der Waals surface area contributed by atoms with E-state index in [0.717, 1.165) is 0 Å². The van der Waals surface area contributed by atoms with E-state index in [2.05, 4.69) is 15.3 Å². The van der Waals surface area contributed by atoms with Crippen molar-refractivity contribution in [3.05, 3.63) is 54.6 Å². The topological polar surface area (TPSA) is 80.1 Å². The number of nitrogens with one attached hydrogen (secondary N) is 1. The Morgan fingerprint density at radius 1 is 1.04 bits per heavy atom. The van der Waals surface area contributed by atoms with Crippen LogP contribution < -0.4 is 10.6 Å². The Hall–Kier alpha value is -2.30. The van der Waals surface area contributed by atoms with Crippen molar-refractivity contribution in [2.24, 2.45) is 15.4 Å². The van der Waals surface area contributed by atoms with Crippen molar-refractivity contribution >= 4 is 30.1 Å². The maximum Gasteiger partial charge on any atom is 0.362 e. The summed E-state index contributed by atoms with van der Waals surface area (Å²) in [5.41, 5.74) is 0.367. The molecule has 7 heteroatoms. The molecule has 0 heterocycles. The molecule has 1 unspecified atom stereocenters. The van der Waals surface area contributed by atoms with Crippen molar-refractivity contribution in [3.63, 3.8) is 0 Å². The number of nitrogens with zero attached hydrogens (tertiary/aromatic N) is 2. The molecule has 0 aromatic heterocycles. The lowest BCUT2D eigenvalue weighted by atomic mass is 9.95. The minimum Gasteiger partial charge on any atom is -0.324 e. The molecule has 1 atom stereocenters. The predicted octanol–water partition coefficient (Wildman–Crippen LogP) is 4.92. The number of carbonyl (C=O) groups is 1. The molecule has 0 radical (unpaired) electrons. The summed E-state index contributed by atoms with van der Waals surface area (Å²) in [6, 6.07) is 15.6. The van der Waals surface area contributed by atoms with Gasteiger partial charge in [-0.05, 0) is 24.3 Å². The molecule has 0 saturated heterocycles. The summed E-state index contributed by atoms with van der Waals surface area (Å²) in [5, 5.41) is 7.36. The molecule has 0 fully saturated rings. The summed E-state index contributed by atoms with van der Waals surface area (Å²) in [5.74, 6) is -0.145. The highest BCUT2D eigenvalue weighted by Gasteiger charge is 2.25. The van der Waals surface area contributed by atoms with E-state index in [0.29, 0.717) is 16.7 Å². The first-order chi connectivity index (χ1) is 11.8. The summed E-state index contributed by atoms with van der Waals surface area (Å²) in [6.07, 6.45) is 0. The Morgan fingerprint density at radius 2 is 1.64 bits per heavy atom. The first kappa shape index (κ1) is 19.0. The van der Waals surface area contributed by atoms with Crippen molar-refractivity contribution in [1.82, 2.24) is 0 Å². The highest BCUT2D eigenvalue weighted by Crippen LogP contribution is 2.48. The fourth-order valence-electron chi connectivity index (χ4n) is 1.89. The van der Waals surface area contributed by atoms with Gasteiger partial charge >= 0.3 is 7.52 Å². The van der Waals surface area contributed by atoms with Crippen LogP contribution in [0, 0.1) is 5.41 Å². The number of amides is 1. The first-order valence-corrected chi connectivity index (χ1v) is 9.39. The fraction of sp³-hybridized carbons (Fsp3) is 0.278. The van der Waals surface area contributed by atoms with Crippen LogP contribution in [-0.4, -0.2) is 13.0 Å². The largest absolute Gasteiger partial charge is 0.362 e. The number of benzene rings is 2.